The van der Waals surface area contributed by atoms with Crippen molar-refractivity contribution in [2.75, 3.05) is 40.4 Å². The minimum absolute atomic E-state index is 0.0962. The van der Waals surface area contributed by atoms with Gasteiger partial charge in [0.05, 0.1) is 19.3 Å². The first-order chi connectivity index (χ1) is 8.18. The van der Waals surface area contributed by atoms with Crippen molar-refractivity contribution in [2.45, 2.75) is 25.3 Å². The fraction of sp³-hybridized carbons (Fsp3) is 0.769. The Kier molecular flexibility index (Phi) is 4.18. The van der Waals surface area contributed by atoms with E-state index in [1.54, 1.807) is 0 Å². The van der Waals surface area contributed by atoms with E-state index < -0.39 is 0 Å². The molecule has 0 amide bonds. The number of rotatable bonds is 2. The average molecular weight is 238 g/mol. The number of ketones is 1. The van der Waals surface area contributed by atoms with E-state index in [2.05, 4.69) is 4.90 Å². The molecule has 4 nitrogen and oxygen atoms in total. The number of carbonyl (C=O) groups is 1. The second-order valence-electron chi connectivity index (χ2n) is 5.04. The number of morpholine rings is 1. The Bertz CT molecular complexity index is 307. The zero-order chi connectivity index (χ0) is 12.3. The maximum atomic E-state index is 12.4. The number of hydrogen-bond acceptors (Lipinski definition) is 4. The van der Waals surface area contributed by atoms with E-state index in [0.29, 0.717) is 5.78 Å². The van der Waals surface area contributed by atoms with Crippen LogP contribution in [-0.2, 0) is 9.53 Å². The summed E-state index contributed by atoms with van der Waals surface area (Å²) >= 11 is 0. The van der Waals surface area contributed by atoms with Gasteiger partial charge in [-0.2, -0.15) is 0 Å². The predicted molar refractivity (Wildman–Crippen MR) is 66.8 cm³/mol. The van der Waals surface area contributed by atoms with Crippen LogP contribution in [0.1, 0.15) is 19.3 Å². The maximum absolute atomic E-state index is 12.4. The molecule has 96 valence electrons. The zero-order valence-corrected chi connectivity index (χ0v) is 10.8. The molecule has 1 atom stereocenters. The van der Waals surface area contributed by atoms with Crippen molar-refractivity contribution in [3.8, 4) is 0 Å². The van der Waals surface area contributed by atoms with E-state index in [4.69, 9.17) is 4.74 Å². The summed E-state index contributed by atoms with van der Waals surface area (Å²) in [6, 6.07) is 0.0962. The molecule has 0 aromatic carbocycles. The van der Waals surface area contributed by atoms with E-state index >= 15 is 0 Å². The highest BCUT2D eigenvalue weighted by molar-refractivity contribution is 6.00. The summed E-state index contributed by atoms with van der Waals surface area (Å²) < 4.78 is 5.34. The van der Waals surface area contributed by atoms with Crippen molar-refractivity contribution < 1.29 is 9.53 Å². The molecule has 2 aliphatic rings. The minimum Gasteiger partial charge on any atom is -0.383 e. The third kappa shape index (κ3) is 3.07. The van der Waals surface area contributed by atoms with Gasteiger partial charge in [-0.25, -0.2) is 0 Å². The Morgan fingerprint density at radius 2 is 2.06 bits per heavy atom. The lowest BCUT2D eigenvalue weighted by Gasteiger charge is -2.36. The van der Waals surface area contributed by atoms with Gasteiger partial charge in [-0.05, 0) is 19.3 Å². The molecule has 2 rings (SSSR count). The van der Waals surface area contributed by atoms with Crippen LogP contribution in [0.3, 0.4) is 0 Å². The minimum atomic E-state index is 0.0962. The van der Waals surface area contributed by atoms with Gasteiger partial charge in [-0.3, -0.25) is 9.69 Å². The van der Waals surface area contributed by atoms with Crippen molar-refractivity contribution in [3.05, 3.63) is 11.8 Å². The summed E-state index contributed by atoms with van der Waals surface area (Å²) in [6.45, 7) is 3.31. The van der Waals surface area contributed by atoms with Crippen LogP contribution in [0.5, 0.6) is 0 Å². The van der Waals surface area contributed by atoms with Crippen molar-refractivity contribution in [1.29, 1.82) is 0 Å². The van der Waals surface area contributed by atoms with Crippen LogP contribution in [0.15, 0.2) is 11.8 Å². The van der Waals surface area contributed by atoms with Crippen LogP contribution < -0.4 is 0 Å². The van der Waals surface area contributed by atoms with E-state index in [0.717, 1.165) is 51.1 Å². The lowest BCUT2D eigenvalue weighted by atomic mass is 9.88. The summed E-state index contributed by atoms with van der Waals surface area (Å²) in [6.07, 6.45) is 5.03. The molecule has 0 aromatic heterocycles. The topological polar surface area (TPSA) is 32.8 Å². The maximum Gasteiger partial charge on any atom is 0.177 e. The molecular formula is C13H22N2O2. The first-order valence-corrected chi connectivity index (χ1v) is 6.41. The number of nitrogens with zero attached hydrogens (tertiary/aromatic N) is 2. The van der Waals surface area contributed by atoms with Gasteiger partial charge in [-0.1, -0.05) is 0 Å². The Morgan fingerprint density at radius 1 is 1.35 bits per heavy atom. The first kappa shape index (κ1) is 12.6. The van der Waals surface area contributed by atoms with Crippen LogP contribution >= 0.6 is 0 Å². The molecule has 0 N–H and O–H groups in total. The van der Waals surface area contributed by atoms with Gasteiger partial charge in [0.1, 0.15) is 0 Å². The van der Waals surface area contributed by atoms with E-state index in [-0.39, 0.29) is 6.04 Å². The molecule has 4 heteroatoms. The van der Waals surface area contributed by atoms with Gasteiger partial charge in [0.2, 0.25) is 0 Å². The normalized spacial score (nSPS) is 29.6. The molecule has 1 saturated heterocycles. The number of hydrogen-bond donors (Lipinski definition) is 0. The molecule has 1 unspecified atom stereocenters. The SMILES string of the molecule is CN(C)/C=C1/CCCC(N2CCOCC2)C1=O. The van der Waals surface area contributed by atoms with E-state index in [1.807, 2.05) is 25.2 Å². The highest BCUT2D eigenvalue weighted by Crippen LogP contribution is 2.24. The van der Waals surface area contributed by atoms with Crippen molar-refractivity contribution in [3.63, 3.8) is 0 Å². The van der Waals surface area contributed by atoms with Gasteiger partial charge in [0, 0.05) is 39.0 Å². The lowest BCUT2D eigenvalue weighted by Crippen LogP contribution is -2.49. The molecule has 0 aromatic rings. The summed E-state index contributed by atoms with van der Waals surface area (Å²) in [5.41, 5.74) is 0.984. The number of carbonyl (C=O) groups excluding carboxylic acids is 1. The molecule has 1 saturated carbocycles. The van der Waals surface area contributed by atoms with E-state index in [1.165, 1.54) is 0 Å². The van der Waals surface area contributed by atoms with Crippen LogP contribution in [0.2, 0.25) is 0 Å². The summed E-state index contributed by atoms with van der Waals surface area (Å²) in [7, 11) is 3.94. The Morgan fingerprint density at radius 3 is 2.71 bits per heavy atom. The number of ether oxygens (including phenoxy) is 1. The molecule has 0 bridgehead atoms. The molecule has 1 aliphatic heterocycles. The van der Waals surface area contributed by atoms with Gasteiger partial charge < -0.3 is 9.64 Å². The molecule has 0 spiro atoms. The third-order valence-corrected chi connectivity index (χ3v) is 3.44. The molecule has 1 aliphatic carbocycles. The van der Waals surface area contributed by atoms with Gasteiger partial charge >= 0.3 is 0 Å². The molecule has 17 heavy (non-hydrogen) atoms. The largest absolute Gasteiger partial charge is 0.383 e. The van der Waals surface area contributed by atoms with E-state index in [9.17, 15) is 4.79 Å². The van der Waals surface area contributed by atoms with Crippen LogP contribution in [0, 0.1) is 0 Å². The molecule has 1 heterocycles. The van der Waals surface area contributed by atoms with Crippen molar-refractivity contribution in [2.24, 2.45) is 0 Å². The quantitative estimate of drug-likeness (QED) is 0.669. The van der Waals surface area contributed by atoms with Crippen molar-refractivity contribution >= 4 is 5.78 Å². The zero-order valence-electron chi connectivity index (χ0n) is 10.8. The highest BCUT2D eigenvalue weighted by Gasteiger charge is 2.32. The Labute approximate surface area is 103 Å². The first-order valence-electron chi connectivity index (χ1n) is 6.41. The van der Waals surface area contributed by atoms with Crippen LogP contribution in [0.25, 0.3) is 0 Å². The molecular weight excluding hydrogens is 216 g/mol. The molecule has 2 fully saturated rings. The smallest absolute Gasteiger partial charge is 0.177 e. The number of Topliss-reactive ketones (excluding diaryl/α,β-unsaturated/α-hetero) is 1. The average Bonchev–Trinajstić information content (AvgIpc) is 2.32. The second-order valence-corrected chi connectivity index (χ2v) is 5.04. The summed E-state index contributed by atoms with van der Waals surface area (Å²) in [4.78, 5) is 16.6. The van der Waals surface area contributed by atoms with Crippen molar-refractivity contribution in [1.82, 2.24) is 9.80 Å². The van der Waals surface area contributed by atoms with Gasteiger partial charge in [0.25, 0.3) is 0 Å². The van der Waals surface area contributed by atoms with Crippen LogP contribution in [0.4, 0.5) is 0 Å². The Hall–Kier alpha value is -0.870. The van der Waals surface area contributed by atoms with Gasteiger partial charge in [-0.15, -0.1) is 0 Å². The standard InChI is InChI=1S/C13H22N2O2/c1-14(2)10-11-4-3-5-12(13(11)16)15-6-8-17-9-7-15/h10,12H,3-9H2,1-2H3/b11-10-. The Balaban J connectivity index is 2.05. The fourth-order valence-electron chi connectivity index (χ4n) is 2.63. The molecule has 0 radical (unpaired) electrons. The summed E-state index contributed by atoms with van der Waals surface area (Å²) in [5.74, 6) is 0.326. The van der Waals surface area contributed by atoms with Crippen LogP contribution in [-0.4, -0.2) is 62.0 Å². The third-order valence-electron chi connectivity index (χ3n) is 3.44. The summed E-state index contributed by atoms with van der Waals surface area (Å²) in [5, 5.41) is 0. The monoisotopic (exact) mass is 238 g/mol. The van der Waals surface area contributed by atoms with Gasteiger partial charge in [0.15, 0.2) is 5.78 Å². The fourth-order valence-corrected chi connectivity index (χ4v) is 2.63. The second kappa shape index (κ2) is 5.65. The predicted octanol–water partition coefficient (Wildman–Crippen LogP) is 0.886. The highest BCUT2D eigenvalue weighted by atomic mass is 16.5. The lowest BCUT2D eigenvalue weighted by molar-refractivity contribution is -0.124.